The molecule has 1 unspecified atom stereocenters. The molecule has 1 aromatic heterocycles. The maximum atomic E-state index is 10.2. The first kappa shape index (κ1) is 17.0. The van der Waals surface area contributed by atoms with Crippen LogP contribution in [0.4, 0.5) is 5.82 Å². The Morgan fingerprint density at radius 2 is 1.88 bits per heavy atom. The molecule has 3 rings (SSSR count). The van der Waals surface area contributed by atoms with Crippen LogP contribution in [-0.2, 0) is 0 Å². The molecule has 0 spiro atoms. The van der Waals surface area contributed by atoms with Crippen LogP contribution in [0.25, 0.3) is 0 Å². The van der Waals surface area contributed by atoms with Crippen LogP contribution < -0.4 is 9.64 Å². The van der Waals surface area contributed by atoms with Crippen molar-refractivity contribution in [2.45, 2.75) is 6.10 Å². The van der Waals surface area contributed by atoms with Gasteiger partial charge in [-0.3, -0.25) is 9.88 Å². The number of aliphatic hydroxyl groups excluding tert-OH is 1. The zero-order chi connectivity index (χ0) is 16.8. The molecule has 0 saturated carbocycles. The Morgan fingerprint density at radius 1 is 1.12 bits per heavy atom. The van der Waals surface area contributed by atoms with E-state index in [9.17, 15) is 5.11 Å². The second-order valence-electron chi connectivity index (χ2n) is 5.77. The molecular formula is C17H21ClN4O2. The Hall–Kier alpha value is -1.89. The number of hydrogen-bond acceptors (Lipinski definition) is 6. The van der Waals surface area contributed by atoms with Gasteiger partial charge in [-0.1, -0.05) is 11.6 Å². The molecular weight excluding hydrogens is 328 g/mol. The van der Waals surface area contributed by atoms with Gasteiger partial charge in [0.15, 0.2) is 0 Å². The van der Waals surface area contributed by atoms with Crippen LogP contribution in [0.5, 0.6) is 5.75 Å². The minimum absolute atomic E-state index is 0.270. The third-order valence-corrected chi connectivity index (χ3v) is 4.22. The van der Waals surface area contributed by atoms with Crippen LogP contribution in [0, 0.1) is 0 Å². The molecule has 0 radical (unpaired) electrons. The summed E-state index contributed by atoms with van der Waals surface area (Å²) in [6.45, 7) is 4.39. The Balaban J connectivity index is 1.40. The molecule has 7 heteroatoms. The summed E-state index contributed by atoms with van der Waals surface area (Å²) in [5, 5.41) is 10.8. The van der Waals surface area contributed by atoms with Gasteiger partial charge in [-0.15, -0.1) is 0 Å². The van der Waals surface area contributed by atoms with E-state index in [-0.39, 0.29) is 6.61 Å². The van der Waals surface area contributed by atoms with Crippen LogP contribution in [-0.4, -0.2) is 65.4 Å². The van der Waals surface area contributed by atoms with Crippen molar-refractivity contribution >= 4 is 17.4 Å². The van der Waals surface area contributed by atoms with Crippen LogP contribution in [0.2, 0.25) is 5.02 Å². The SMILES string of the molecule is OC(COc1ccc(Cl)cc1)CN1CCN(c2cnccn2)CC1. The first-order valence-electron chi connectivity index (χ1n) is 8.00. The monoisotopic (exact) mass is 348 g/mol. The maximum Gasteiger partial charge on any atom is 0.147 e. The largest absolute Gasteiger partial charge is 0.491 e. The number of ether oxygens (including phenoxy) is 1. The number of aliphatic hydroxyl groups is 1. The lowest BCUT2D eigenvalue weighted by Crippen LogP contribution is -2.49. The molecule has 1 aliphatic rings. The van der Waals surface area contributed by atoms with Crippen LogP contribution in [0.1, 0.15) is 0 Å². The van der Waals surface area contributed by atoms with Gasteiger partial charge in [-0.2, -0.15) is 0 Å². The summed E-state index contributed by atoms with van der Waals surface area (Å²) in [4.78, 5) is 12.9. The Morgan fingerprint density at radius 3 is 2.54 bits per heavy atom. The first-order valence-corrected chi connectivity index (χ1v) is 8.38. The molecule has 2 aromatic rings. The minimum Gasteiger partial charge on any atom is -0.491 e. The normalized spacial score (nSPS) is 16.8. The highest BCUT2D eigenvalue weighted by molar-refractivity contribution is 6.30. The second kappa shape index (κ2) is 8.28. The molecule has 1 N–H and O–H groups in total. The predicted molar refractivity (Wildman–Crippen MR) is 93.6 cm³/mol. The fourth-order valence-electron chi connectivity index (χ4n) is 2.69. The number of nitrogens with zero attached hydrogens (tertiary/aromatic N) is 4. The highest BCUT2D eigenvalue weighted by Gasteiger charge is 2.20. The summed E-state index contributed by atoms with van der Waals surface area (Å²) in [7, 11) is 0. The number of piperazine rings is 1. The molecule has 1 aliphatic heterocycles. The lowest BCUT2D eigenvalue weighted by Gasteiger charge is -2.36. The van der Waals surface area contributed by atoms with Crippen molar-refractivity contribution in [2.24, 2.45) is 0 Å². The molecule has 24 heavy (non-hydrogen) atoms. The number of aromatic nitrogens is 2. The fraction of sp³-hybridized carbons (Fsp3) is 0.412. The lowest BCUT2D eigenvalue weighted by molar-refractivity contribution is 0.0662. The molecule has 0 amide bonds. The summed E-state index contributed by atoms with van der Waals surface area (Å²) in [6, 6.07) is 7.15. The summed E-state index contributed by atoms with van der Waals surface area (Å²) < 4.78 is 5.59. The first-order chi connectivity index (χ1) is 11.7. The summed E-state index contributed by atoms with van der Waals surface area (Å²) in [5.74, 6) is 1.62. The van der Waals surface area contributed by atoms with Gasteiger partial charge in [0.25, 0.3) is 0 Å². The smallest absolute Gasteiger partial charge is 0.147 e. The van der Waals surface area contributed by atoms with Gasteiger partial charge in [0, 0.05) is 50.1 Å². The second-order valence-corrected chi connectivity index (χ2v) is 6.21. The van der Waals surface area contributed by atoms with Gasteiger partial charge in [0.1, 0.15) is 24.3 Å². The van der Waals surface area contributed by atoms with Crippen molar-refractivity contribution in [2.75, 3.05) is 44.2 Å². The van der Waals surface area contributed by atoms with Crippen molar-refractivity contribution in [3.05, 3.63) is 47.9 Å². The molecule has 1 saturated heterocycles. The third-order valence-electron chi connectivity index (χ3n) is 3.97. The highest BCUT2D eigenvalue weighted by atomic mass is 35.5. The predicted octanol–water partition coefficient (Wildman–Crippen LogP) is 1.69. The number of β-amino-alcohol motifs (C(OH)–C–C–N with tert-alkyl or cyclic N) is 1. The summed E-state index contributed by atoms with van der Waals surface area (Å²) >= 11 is 5.84. The van der Waals surface area contributed by atoms with Gasteiger partial charge < -0.3 is 14.7 Å². The number of hydrogen-bond donors (Lipinski definition) is 1. The van der Waals surface area contributed by atoms with Gasteiger partial charge in [0.2, 0.25) is 0 Å². The molecule has 1 fully saturated rings. The Bertz CT molecular complexity index is 618. The van der Waals surface area contributed by atoms with E-state index in [0.29, 0.717) is 17.3 Å². The van der Waals surface area contributed by atoms with Crippen LogP contribution in [0.15, 0.2) is 42.9 Å². The molecule has 1 atom stereocenters. The number of anilines is 1. The fourth-order valence-corrected chi connectivity index (χ4v) is 2.81. The Labute approximate surface area is 146 Å². The molecule has 6 nitrogen and oxygen atoms in total. The van der Waals surface area contributed by atoms with E-state index in [1.807, 2.05) is 0 Å². The molecule has 1 aromatic carbocycles. The highest BCUT2D eigenvalue weighted by Crippen LogP contribution is 2.16. The minimum atomic E-state index is -0.524. The average Bonchev–Trinajstić information content (AvgIpc) is 2.63. The zero-order valence-electron chi connectivity index (χ0n) is 13.4. The van der Waals surface area contributed by atoms with E-state index in [4.69, 9.17) is 16.3 Å². The van der Waals surface area contributed by atoms with E-state index >= 15 is 0 Å². The zero-order valence-corrected chi connectivity index (χ0v) is 14.1. The number of rotatable bonds is 6. The van der Waals surface area contributed by atoms with E-state index in [0.717, 1.165) is 32.0 Å². The molecule has 0 aliphatic carbocycles. The van der Waals surface area contributed by atoms with Crippen molar-refractivity contribution in [3.8, 4) is 5.75 Å². The van der Waals surface area contributed by atoms with Gasteiger partial charge in [-0.25, -0.2) is 4.98 Å². The lowest BCUT2D eigenvalue weighted by atomic mass is 10.2. The van der Waals surface area contributed by atoms with Gasteiger partial charge in [0.05, 0.1) is 6.20 Å². The van der Waals surface area contributed by atoms with Crippen molar-refractivity contribution < 1.29 is 9.84 Å². The van der Waals surface area contributed by atoms with E-state index < -0.39 is 6.10 Å². The maximum absolute atomic E-state index is 10.2. The van der Waals surface area contributed by atoms with Crippen LogP contribution in [0.3, 0.4) is 0 Å². The van der Waals surface area contributed by atoms with Gasteiger partial charge >= 0.3 is 0 Å². The van der Waals surface area contributed by atoms with Crippen LogP contribution >= 0.6 is 11.6 Å². The quantitative estimate of drug-likeness (QED) is 0.857. The summed E-state index contributed by atoms with van der Waals surface area (Å²) in [5.41, 5.74) is 0. The topological polar surface area (TPSA) is 61.7 Å². The number of halogens is 1. The van der Waals surface area contributed by atoms with Crippen molar-refractivity contribution in [3.63, 3.8) is 0 Å². The average molecular weight is 349 g/mol. The number of benzene rings is 1. The van der Waals surface area contributed by atoms with E-state index in [2.05, 4.69) is 19.8 Å². The van der Waals surface area contributed by atoms with Crippen molar-refractivity contribution in [1.82, 2.24) is 14.9 Å². The molecule has 128 valence electrons. The molecule has 2 heterocycles. The van der Waals surface area contributed by atoms with Crippen molar-refractivity contribution in [1.29, 1.82) is 0 Å². The Kier molecular flexibility index (Phi) is 5.85. The summed E-state index contributed by atoms with van der Waals surface area (Å²) in [6.07, 6.45) is 4.64. The van der Waals surface area contributed by atoms with Gasteiger partial charge in [-0.05, 0) is 24.3 Å². The standard InChI is InChI=1S/C17H21ClN4O2/c18-14-1-3-16(4-2-14)24-13-15(23)12-21-7-9-22(10-8-21)17-11-19-5-6-20-17/h1-6,11,15,23H,7-10,12-13H2. The molecule has 0 bridgehead atoms. The third kappa shape index (κ3) is 4.80. The van der Waals surface area contributed by atoms with E-state index in [1.54, 1.807) is 42.9 Å². The van der Waals surface area contributed by atoms with E-state index in [1.165, 1.54) is 0 Å².